The monoisotopic (exact) mass is 459 g/mol. The van der Waals surface area contributed by atoms with Crippen molar-refractivity contribution >= 4 is 0 Å². The van der Waals surface area contributed by atoms with Gasteiger partial charge in [0.1, 0.15) is 17.7 Å². The number of halogens is 1. The van der Waals surface area contributed by atoms with Gasteiger partial charge in [-0.05, 0) is 19.8 Å². The smallest absolute Gasteiger partial charge is 0.143 e. The standard InChI is InChI=1S/C28H57NO.ClH/c1-4-6-8-10-12-14-16-18-20-22-24-28(27(3,26-29)30-28)25-23-21-19-17-15-13-11-9-7-5-2;/h4-26,29H2,1-3H3;1H. The molecule has 1 atom stereocenters. The Bertz CT molecular complexity index is 365. The third-order valence-electron chi connectivity index (χ3n) is 7.69. The summed E-state index contributed by atoms with van der Waals surface area (Å²) in [5, 5.41) is 0. The summed E-state index contributed by atoms with van der Waals surface area (Å²) in [5.41, 5.74) is 4.44. The zero-order valence-corrected chi connectivity index (χ0v) is 22.5. The lowest BCUT2D eigenvalue weighted by Gasteiger charge is -2.16. The van der Waals surface area contributed by atoms with Crippen molar-refractivity contribution in [3.05, 3.63) is 0 Å². The van der Waals surface area contributed by atoms with E-state index in [1.165, 1.54) is 141 Å². The SMILES string of the molecule is CCCCCCCCCCCCC1(CCCCCCCCCCCC)OC1(C)C[NH3+].[Cl-]. The molecule has 0 aromatic rings. The van der Waals surface area contributed by atoms with E-state index in [4.69, 9.17) is 4.74 Å². The molecule has 2 nitrogen and oxygen atoms in total. The lowest BCUT2D eigenvalue weighted by molar-refractivity contribution is -0.379. The van der Waals surface area contributed by atoms with Crippen molar-refractivity contribution in [1.82, 2.24) is 0 Å². The largest absolute Gasteiger partial charge is 1.00 e. The molecule has 0 saturated carbocycles. The molecule has 1 unspecified atom stereocenters. The molecule has 0 bridgehead atoms. The summed E-state index contributed by atoms with van der Waals surface area (Å²) in [4.78, 5) is 0. The maximum Gasteiger partial charge on any atom is 0.143 e. The summed E-state index contributed by atoms with van der Waals surface area (Å²) in [5.74, 6) is 0. The second-order valence-corrected chi connectivity index (χ2v) is 10.4. The van der Waals surface area contributed by atoms with Gasteiger partial charge in [-0.15, -0.1) is 0 Å². The first-order chi connectivity index (χ1) is 14.6. The van der Waals surface area contributed by atoms with Crippen LogP contribution >= 0.6 is 0 Å². The van der Waals surface area contributed by atoms with Gasteiger partial charge in [-0.25, -0.2) is 0 Å². The van der Waals surface area contributed by atoms with E-state index in [0.717, 1.165) is 6.54 Å². The highest BCUT2D eigenvalue weighted by molar-refractivity contribution is 5.12. The minimum Gasteiger partial charge on any atom is -1.00 e. The Balaban J connectivity index is 0.00000900. The first-order valence-corrected chi connectivity index (χ1v) is 14.1. The molecule has 188 valence electrons. The molecule has 0 spiro atoms. The summed E-state index contributed by atoms with van der Waals surface area (Å²) in [7, 11) is 0. The quantitative estimate of drug-likeness (QED) is 0.161. The number of quaternary nitrogens is 1. The minimum absolute atomic E-state index is 0. The molecular weight excluding hydrogens is 402 g/mol. The van der Waals surface area contributed by atoms with Crippen molar-refractivity contribution in [2.75, 3.05) is 6.54 Å². The number of ether oxygens (including phenoxy) is 1. The van der Waals surface area contributed by atoms with E-state index in [1.54, 1.807) is 0 Å². The Kier molecular flexibility index (Phi) is 19.8. The molecule has 3 heteroatoms. The summed E-state index contributed by atoms with van der Waals surface area (Å²) < 4.78 is 6.34. The third-order valence-corrected chi connectivity index (χ3v) is 7.69. The van der Waals surface area contributed by atoms with E-state index in [1.807, 2.05) is 0 Å². The average molecular weight is 460 g/mol. The van der Waals surface area contributed by atoms with Crippen molar-refractivity contribution in [3.63, 3.8) is 0 Å². The minimum atomic E-state index is 0. The van der Waals surface area contributed by atoms with E-state index < -0.39 is 0 Å². The van der Waals surface area contributed by atoms with Crippen LogP contribution in [0.4, 0.5) is 0 Å². The Labute approximate surface area is 202 Å². The van der Waals surface area contributed by atoms with Crippen LogP contribution in [0.3, 0.4) is 0 Å². The second-order valence-electron chi connectivity index (χ2n) is 10.4. The van der Waals surface area contributed by atoms with Crippen LogP contribution in [0.15, 0.2) is 0 Å². The van der Waals surface area contributed by atoms with Crippen LogP contribution in [-0.4, -0.2) is 17.7 Å². The molecule has 0 radical (unpaired) electrons. The van der Waals surface area contributed by atoms with Crippen molar-refractivity contribution < 1.29 is 22.9 Å². The van der Waals surface area contributed by atoms with Crippen LogP contribution in [0.2, 0.25) is 0 Å². The molecule has 31 heavy (non-hydrogen) atoms. The number of unbranched alkanes of at least 4 members (excludes halogenated alkanes) is 18. The van der Waals surface area contributed by atoms with Gasteiger partial charge in [0.2, 0.25) is 0 Å². The Morgan fingerprint density at radius 3 is 1.06 bits per heavy atom. The molecule has 1 fully saturated rings. The van der Waals surface area contributed by atoms with Gasteiger partial charge >= 0.3 is 0 Å². The average Bonchev–Trinajstić information content (AvgIpc) is 3.35. The molecular formula is C28H58ClNO. The van der Waals surface area contributed by atoms with Crippen molar-refractivity contribution in [2.45, 2.75) is 173 Å². The third kappa shape index (κ3) is 13.5. The lowest BCUT2D eigenvalue weighted by atomic mass is 9.84. The molecule has 0 amide bonds. The van der Waals surface area contributed by atoms with E-state index in [0.29, 0.717) is 0 Å². The fraction of sp³-hybridized carbons (Fsp3) is 1.00. The molecule has 0 aromatic heterocycles. The van der Waals surface area contributed by atoms with Crippen molar-refractivity contribution in [3.8, 4) is 0 Å². The fourth-order valence-corrected chi connectivity index (χ4v) is 5.24. The van der Waals surface area contributed by atoms with Gasteiger partial charge in [0, 0.05) is 0 Å². The van der Waals surface area contributed by atoms with Crippen LogP contribution in [0.5, 0.6) is 0 Å². The van der Waals surface area contributed by atoms with Crippen LogP contribution in [0.25, 0.3) is 0 Å². The number of hydrogen-bond acceptors (Lipinski definition) is 1. The lowest BCUT2D eigenvalue weighted by Crippen LogP contribution is -3.00. The molecule has 1 aliphatic rings. The van der Waals surface area contributed by atoms with E-state index in [2.05, 4.69) is 26.5 Å². The fourth-order valence-electron chi connectivity index (χ4n) is 5.24. The topological polar surface area (TPSA) is 40.2 Å². The number of epoxide rings is 1. The Morgan fingerprint density at radius 1 is 0.516 bits per heavy atom. The molecule has 3 N–H and O–H groups in total. The van der Waals surface area contributed by atoms with Gasteiger partial charge in [-0.1, -0.05) is 142 Å². The van der Waals surface area contributed by atoms with E-state index >= 15 is 0 Å². The van der Waals surface area contributed by atoms with Gasteiger partial charge < -0.3 is 22.9 Å². The molecule has 1 rings (SSSR count). The van der Waals surface area contributed by atoms with Gasteiger partial charge in [0.05, 0.1) is 0 Å². The predicted molar refractivity (Wildman–Crippen MR) is 133 cm³/mol. The first kappa shape index (κ1) is 31.2. The number of rotatable bonds is 23. The molecule has 1 heterocycles. The normalized spacial score (nSPS) is 19.4. The first-order valence-electron chi connectivity index (χ1n) is 14.1. The summed E-state index contributed by atoms with van der Waals surface area (Å²) in [6, 6.07) is 0. The van der Waals surface area contributed by atoms with Gasteiger partial charge in [-0.2, -0.15) is 0 Å². The zero-order chi connectivity index (χ0) is 22.0. The van der Waals surface area contributed by atoms with Crippen LogP contribution in [0.1, 0.15) is 162 Å². The Hall–Kier alpha value is 0.210. The molecule has 0 aliphatic carbocycles. The molecule has 1 aliphatic heterocycles. The number of hydrogen-bond donors (Lipinski definition) is 1. The summed E-state index contributed by atoms with van der Waals surface area (Å²) >= 11 is 0. The van der Waals surface area contributed by atoms with Crippen LogP contribution in [0, 0.1) is 0 Å². The van der Waals surface area contributed by atoms with Crippen LogP contribution in [-0.2, 0) is 4.74 Å². The van der Waals surface area contributed by atoms with E-state index in [9.17, 15) is 0 Å². The molecule has 0 aromatic carbocycles. The Morgan fingerprint density at radius 2 is 0.806 bits per heavy atom. The predicted octanol–water partition coefficient (Wildman–Crippen LogP) is 5.38. The van der Waals surface area contributed by atoms with E-state index in [-0.39, 0.29) is 23.6 Å². The second kappa shape index (κ2) is 19.7. The van der Waals surface area contributed by atoms with Crippen LogP contribution < -0.4 is 18.1 Å². The van der Waals surface area contributed by atoms with Gasteiger partial charge in [-0.3, -0.25) is 0 Å². The summed E-state index contributed by atoms with van der Waals surface area (Å²) in [6.07, 6.45) is 30.9. The maximum atomic E-state index is 6.34. The zero-order valence-electron chi connectivity index (χ0n) is 21.8. The summed E-state index contributed by atoms with van der Waals surface area (Å²) in [6.45, 7) is 7.84. The van der Waals surface area contributed by atoms with Crippen molar-refractivity contribution in [2.24, 2.45) is 0 Å². The van der Waals surface area contributed by atoms with Gasteiger partial charge in [0.25, 0.3) is 0 Å². The highest BCUT2D eigenvalue weighted by Gasteiger charge is 2.66. The van der Waals surface area contributed by atoms with Gasteiger partial charge in [0.15, 0.2) is 0 Å². The molecule has 1 saturated heterocycles. The highest BCUT2D eigenvalue weighted by Crippen LogP contribution is 2.53. The van der Waals surface area contributed by atoms with Crippen molar-refractivity contribution in [1.29, 1.82) is 0 Å². The highest BCUT2D eigenvalue weighted by atomic mass is 35.5. The maximum absolute atomic E-state index is 6.34.